The summed E-state index contributed by atoms with van der Waals surface area (Å²) in [6.45, 7) is 0. The molecule has 2 aromatic carbocycles. The Kier molecular flexibility index (Phi) is 5.41. The van der Waals surface area contributed by atoms with Crippen LogP contribution >= 0.6 is 11.6 Å². The summed E-state index contributed by atoms with van der Waals surface area (Å²) in [5, 5.41) is 19.2. The molecule has 0 aliphatic carbocycles. The zero-order chi connectivity index (χ0) is 20.5. The van der Waals surface area contributed by atoms with Crippen molar-refractivity contribution in [2.24, 2.45) is 0 Å². The Morgan fingerprint density at radius 1 is 1.14 bits per heavy atom. The van der Waals surface area contributed by atoms with Crippen LogP contribution in [0.3, 0.4) is 0 Å². The molecule has 0 aliphatic rings. The molecule has 1 atom stereocenters. The van der Waals surface area contributed by atoms with E-state index in [0.29, 0.717) is 5.56 Å². The number of H-pyrrole nitrogens is 1. The number of carboxylic acids is 2. The van der Waals surface area contributed by atoms with Gasteiger partial charge in [0.2, 0.25) is 10.0 Å². The molecule has 3 rings (SSSR count). The number of carbonyl (C=O) groups is 2. The Bertz CT molecular complexity index is 1170. The SMILES string of the molecule is O=C(O)c1cc(S(=O)(=O)N[C@H](Cc2c[nH]c3ccccc23)C(=O)O)ccc1Cl. The number of rotatable bonds is 7. The van der Waals surface area contributed by atoms with Crippen LogP contribution in [0.25, 0.3) is 10.9 Å². The molecular formula is C18H15ClN2O6S. The number of aromatic amines is 1. The first kappa shape index (κ1) is 19.9. The van der Waals surface area contributed by atoms with Gasteiger partial charge >= 0.3 is 11.9 Å². The van der Waals surface area contributed by atoms with Crippen molar-refractivity contribution in [2.75, 3.05) is 0 Å². The number of aliphatic carboxylic acids is 1. The number of aromatic carboxylic acids is 1. The molecule has 146 valence electrons. The molecule has 0 saturated carbocycles. The molecule has 0 aliphatic heterocycles. The van der Waals surface area contributed by atoms with Crippen molar-refractivity contribution < 1.29 is 28.2 Å². The summed E-state index contributed by atoms with van der Waals surface area (Å²) in [5.74, 6) is -2.75. The van der Waals surface area contributed by atoms with E-state index in [1.54, 1.807) is 18.3 Å². The standard InChI is InChI=1S/C18H15ClN2O6S/c19-14-6-5-11(8-13(14)17(22)23)28(26,27)21-16(18(24)25)7-10-9-20-15-4-2-1-3-12(10)15/h1-6,8-9,16,20-21H,7H2,(H,22,23)(H,24,25)/t16-/m1/s1. The van der Waals surface area contributed by atoms with Crippen molar-refractivity contribution in [3.63, 3.8) is 0 Å². The van der Waals surface area contributed by atoms with Crippen LogP contribution in [0.4, 0.5) is 0 Å². The van der Waals surface area contributed by atoms with Gasteiger partial charge in [0.25, 0.3) is 0 Å². The molecule has 0 bridgehead atoms. The van der Waals surface area contributed by atoms with Gasteiger partial charge in [-0.25, -0.2) is 13.2 Å². The van der Waals surface area contributed by atoms with Crippen LogP contribution in [-0.2, 0) is 21.2 Å². The average molecular weight is 423 g/mol. The molecule has 8 nitrogen and oxygen atoms in total. The number of aromatic nitrogens is 1. The number of para-hydroxylation sites is 1. The molecule has 0 spiro atoms. The van der Waals surface area contributed by atoms with E-state index >= 15 is 0 Å². The summed E-state index contributed by atoms with van der Waals surface area (Å²) in [7, 11) is -4.30. The minimum atomic E-state index is -4.30. The van der Waals surface area contributed by atoms with Gasteiger partial charge in [-0.2, -0.15) is 4.72 Å². The van der Waals surface area contributed by atoms with Crippen LogP contribution in [0.15, 0.2) is 53.6 Å². The van der Waals surface area contributed by atoms with E-state index in [4.69, 9.17) is 16.7 Å². The number of sulfonamides is 1. The molecule has 1 aromatic heterocycles. The van der Waals surface area contributed by atoms with Gasteiger partial charge < -0.3 is 15.2 Å². The molecule has 0 fully saturated rings. The quantitative estimate of drug-likeness (QED) is 0.461. The predicted octanol–water partition coefficient (Wildman–Crippen LogP) is 2.49. The molecule has 3 aromatic rings. The molecule has 0 saturated heterocycles. The van der Waals surface area contributed by atoms with E-state index in [2.05, 4.69) is 9.71 Å². The maximum absolute atomic E-state index is 12.6. The Hall–Kier alpha value is -2.88. The van der Waals surface area contributed by atoms with E-state index in [1.807, 2.05) is 12.1 Å². The molecule has 0 radical (unpaired) electrons. The highest BCUT2D eigenvalue weighted by atomic mass is 35.5. The summed E-state index contributed by atoms with van der Waals surface area (Å²) in [6, 6.07) is 8.91. The number of benzene rings is 2. The first-order valence-corrected chi connectivity index (χ1v) is 9.88. The lowest BCUT2D eigenvalue weighted by atomic mass is 10.1. The third kappa shape index (κ3) is 4.01. The largest absolute Gasteiger partial charge is 0.480 e. The molecule has 0 unspecified atom stereocenters. The summed E-state index contributed by atoms with van der Waals surface area (Å²) in [6.07, 6.45) is 1.53. The second-order valence-corrected chi connectivity index (χ2v) is 8.14. The Morgan fingerprint density at radius 3 is 2.54 bits per heavy atom. The minimum absolute atomic E-state index is 0.0993. The molecule has 0 amide bonds. The Labute approximate surface area is 164 Å². The zero-order valence-electron chi connectivity index (χ0n) is 14.2. The van der Waals surface area contributed by atoms with Crippen LogP contribution in [0.5, 0.6) is 0 Å². The third-order valence-electron chi connectivity index (χ3n) is 4.17. The summed E-state index contributed by atoms with van der Waals surface area (Å²) >= 11 is 5.75. The number of fused-ring (bicyclic) bond motifs is 1. The fourth-order valence-corrected chi connectivity index (χ4v) is 4.20. The van der Waals surface area contributed by atoms with Gasteiger partial charge in [0.05, 0.1) is 15.5 Å². The van der Waals surface area contributed by atoms with Crippen molar-refractivity contribution in [1.29, 1.82) is 0 Å². The van der Waals surface area contributed by atoms with E-state index in [1.165, 1.54) is 0 Å². The van der Waals surface area contributed by atoms with Crippen LogP contribution in [0.2, 0.25) is 5.02 Å². The first-order chi connectivity index (χ1) is 13.2. The van der Waals surface area contributed by atoms with Crippen LogP contribution in [0, 0.1) is 0 Å². The van der Waals surface area contributed by atoms with E-state index in [9.17, 15) is 23.1 Å². The summed E-state index contributed by atoms with van der Waals surface area (Å²) in [4.78, 5) is 25.4. The van der Waals surface area contributed by atoms with Gasteiger partial charge in [0.1, 0.15) is 6.04 Å². The number of hydrogen-bond acceptors (Lipinski definition) is 4. The van der Waals surface area contributed by atoms with Crippen LogP contribution in [-0.4, -0.2) is 41.6 Å². The third-order valence-corrected chi connectivity index (χ3v) is 5.97. The van der Waals surface area contributed by atoms with E-state index < -0.39 is 33.6 Å². The van der Waals surface area contributed by atoms with E-state index in [0.717, 1.165) is 29.1 Å². The highest BCUT2D eigenvalue weighted by Crippen LogP contribution is 2.22. The van der Waals surface area contributed by atoms with Gasteiger partial charge in [-0.15, -0.1) is 0 Å². The molecule has 28 heavy (non-hydrogen) atoms. The average Bonchev–Trinajstić information content (AvgIpc) is 3.04. The second-order valence-electron chi connectivity index (χ2n) is 6.02. The predicted molar refractivity (Wildman–Crippen MR) is 102 cm³/mol. The smallest absolute Gasteiger partial charge is 0.337 e. The van der Waals surface area contributed by atoms with Crippen molar-refractivity contribution in [1.82, 2.24) is 9.71 Å². The van der Waals surface area contributed by atoms with Crippen molar-refractivity contribution in [3.8, 4) is 0 Å². The van der Waals surface area contributed by atoms with Crippen molar-refractivity contribution >= 4 is 44.5 Å². The van der Waals surface area contributed by atoms with Crippen molar-refractivity contribution in [3.05, 3.63) is 64.8 Å². The number of carboxylic acid groups (broad SMARTS) is 2. The highest BCUT2D eigenvalue weighted by Gasteiger charge is 2.27. The Morgan fingerprint density at radius 2 is 1.86 bits per heavy atom. The van der Waals surface area contributed by atoms with Gasteiger partial charge in [-0.05, 0) is 29.8 Å². The fourth-order valence-electron chi connectivity index (χ4n) is 2.79. The van der Waals surface area contributed by atoms with Gasteiger partial charge in [0.15, 0.2) is 0 Å². The fraction of sp³-hybridized carbons (Fsp3) is 0.111. The molecule has 10 heteroatoms. The number of nitrogens with one attached hydrogen (secondary N) is 2. The number of hydrogen-bond donors (Lipinski definition) is 4. The maximum atomic E-state index is 12.6. The molecular weight excluding hydrogens is 408 g/mol. The van der Waals surface area contributed by atoms with Gasteiger partial charge in [0, 0.05) is 23.5 Å². The van der Waals surface area contributed by atoms with E-state index in [-0.39, 0.29) is 16.3 Å². The molecule has 1 heterocycles. The lowest BCUT2D eigenvalue weighted by molar-refractivity contribution is -0.138. The minimum Gasteiger partial charge on any atom is -0.480 e. The van der Waals surface area contributed by atoms with Crippen LogP contribution in [0.1, 0.15) is 15.9 Å². The first-order valence-electron chi connectivity index (χ1n) is 8.02. The highest BCUT2D eigenvalue weighted by molar-refractivity contribution is 7.89. The Balaban J connectivity index is 1.91. The summed E-state index contributed by atoms with van der Waals surface area (Å²) in [5.41, 5.74) is 1.04. The molecule has 4 N–H and O–H groups in total. The van der Waals surface area contributed by atoms with Crippen LogP contribution < -0.4 is 4.72 Å². The maximum Gasteiger partial charge on any atom is 0.337 e. The zero-order valence-corrected chi connectivity index (χ0v) is 15.8. The second kappa shape index (κ2) is 7.63. The number of halogens is 1. The normalized spacial score (nSPS) is 12.8. The lowest BCUT2D eigenvalue weighted by Crippen LogP contribution is -2.42. The topological polar surface area (TPSA) is 137 Å². The monoisotopic (exact) mass is 422 g/mol. The lowest BCUT2D eigenvalue weighted by Gasteiger charge is -2.15. The van der Waals surface area contributed by atoms with Gasteiger partial charge in [-0.1, -0.05) is 29.8 Å². The van der Waals surface area contributed by atoms with Crippen molar-refractivity contribution in [2.45, 2.75) is 17.4 Å². The van der Waals surface area contributed by atoms with Gasteiger partial charge in [-0.3, -0.25) is 4.79 Å². The summed E-state index contributed by atoms with van der Waals surface area (Å²) < 4.78 is 27.3.